The summed E-state index contributed by atoms with van der Waals surface area (Å²) in [6.07, 6.45) is 1.95. The number of hydrogen-bond acceptors (Lipinski definition) is 2. The Morgan fingerprint density at radius 1 is 1.05 bits per heavy atom. The van der Waals surface area contributed by atoms with Crippen LogP contribution in [0, 0.1) is 0 Å². The van der Waals surface area contributed by atoms with Crippen LogP contribution in [-0.2, 0) is 6.54 Å². The molecule has 4 heteroatoms. The molecular formula is C15H12INOS. The van der Waals surface area contributed by atoms with Gasteiger partial charge in [-0.2, -0.15) is 4.57 Å². The molecule has 0 bridgehead atoms. The highest BCUT2D eigenvalue weighted by atomic mass is 127. The zero-order valence-electron chi connectivity index (χ0n) is 10.1. The molecule has 0 atom stereocenters. The molecule has 0 aliphatic rings. The minimum absolute atomic E-state index is 0. The van der Waals surface area contributed by atoms with E-state index < -0.39 is 0 Å². The van der Waals surface area contributed by atoms with E-state index in [2.05, 4.69) is 12.1 Å². The van der Waals surface area contributed by atoms with Gasteiger partial charge >= 0.3 is 0 Å². The fraction of sp³-hybridized carbons (Fsp3) is 0.0667. The largest absolute Gasteiger partial charge is 1.00 e. The summed E-state index contributed by atoms with van der Waals surface area (Å²) < 4.78 is 2.00. The summed E-state index contributed by atoms with van der Waals surface area (Å²) in [6, 6.07) is 15.9. The molecule has 0 aliphatic carbocycles. The molecule has 0 aliphatic heterocycles. The van der Waals surface area contributed by atoms with Gasteiger partial charge < -0.3 is 24.0 Å². The lowest BCUT2D eigenvalue weighted by Crippen LogP contribution is -3.00. The van der Waals surface area contributed by atoms with E-state index in [4.69, 9.17) is 0 Å². The van der Waals surface area contributed by atoms with Crippen molar-refractivity contribution >= 4 is 28.0 Å². The molecule has 19 heavy (non-hydrogen) atoms. The number of thiophene rings is 1. The van der Waals surface area contributed by atoms with Crippen LogP contribution in [0.5, 0.6) is 0 Å². The van der Waals surface area contributed by atoms with Crippen LogP contribution >= 0.6 is 11.3 Å². The Hall–Kier alpha value is -1.27. The normalized spacial score (nSPS) is 10.1. The van der Waals surface area contributed by atoms with Gasteiger partial charge in [0.05, 0.1) is 4.88 Å². The molecule has 96 valence electrons. The number of Topliss-reactive ketones (excluding diaryl/α,β-unsaturated/α-hetero) is 1. The highest BCUT2D eigenvalue weighted by Crippen LogP contribution is 2.11. The van der Waals surface area contributed by atoms with Gasteiger partial charge in [-0.3, -0.25) is 4.79 Å². The van der Waals surface area contributed by atoms with Crippen molar-refractivity contribution in [2.75, 3.05) is 0 Å². The Labute approximate surface area is 132 Å². The molecule has 0 radical (unpaired) electrons. The van der Waals surface area contributed by atoms with Crippen LogP contribution in [0.4, 0.5) is 0 Å². The SMILES string of the molecule is O=C(C[n+]1cccc2ccccc21)c1cccs1.[I-]. The zero-order valence-corrected chi connectivity index (χ0v) is 13.1. The summed E-state index contributed by atoms with van der Waals surface area (Å²) in [5.74, 6) is 0.159. The van der Waals surface area contributed by atoms with E-state index in [-0.39, 0.29) is 29.8 Å². The maximum Gasteiger partial charge on any atom is 0.237 e. The molecular weight excluding hydrogens is 369 g/mol. The number of nitrogens with zero attached hydrogens (tertiary/aromatic N) is 1. The first-order valence-electron chi connectivity index (χ1n) is 5.78. The molecule has 3 aromatic rings. The van der Waals surface area contributed by atoms with Gasteiger partial charge in [0.25, 0.3) is 0 Å². The highest BCUT2D eigenvalue weighted by molar-refractivity contribution is 7.12. The van der Waals surface area contributed by atoms with Crippen LogP contribution in [0.15, 0.2) is 60.1 Å². The second-order valence-corrected chi connectivity index (χ2v) is 5.04. The fourth-order valence-electron chi connectivity index (χ4n) is 2.03. The summed E-state index contributed by atoms with van der Waals surface area (Å²) in [7, 11) is 0. The lowest BCUT2D eigenvalue weighted by molar-refractivity contribution is -0.657. The lowest BCUT2D eigenvalue weighted by atomic mass is 10.2. The third-order valence-corrected chi connectivity index (χ3v) is 3.81. The van der Waals surface area contributed by atoms with Crippen molar-refractivity contribution in [3.8, 4) is 0 Å². The van der Waals surface area contributed by atoms with E-state index in [0.717, 1.165) is 15.8 Å². The zero-order chi connectivity index (χ0) is 12.4. The first-order chi connectivity index (χ1) is 8.84. The minimum atomic E-state index is 0. The number of hydrogen-bond donors (Lipinski definition) is 0. The topological polar surface area (TPSA) is 20.9 Å². The van der Waals surface area contributed by atoms with Crippen LogP contribution in [0.2, 0.25) is 0 Å². The number of fused-ring (bicyclic) bond motifs is 1. The van der Waals surface area contributed by atoms with Crippen molar-refractivity contribution in [3.05, 3.63) is 65.0 Å². The first kappa shape index (κ1) is 14.1. The van der Waals surface area contributed by atoms with Crippen LogP contribution in [0.25, 0.3) is 10.9 Å². The van der Waals surface area contributed by atoms with E-state index in [1.54, 1.807) is 0 Å². The van der Waals surface area contributed by atoms with E-state index in [0.29, 0.717) is 6.54 Å². The Bertz CT molecular complexity index is 689. The van der Waals surface area contributed by atoms with Crippen LogP contribution < -0.4 is 28.5 Å². The molecule has 0 spiro atoms. The van der Waals surface area contributed by atoms with E-state index in [9.17, 15) is 4.79 Å². The Kier molecular flexibility index (Phi) is 4.66. The smallest absolute Gasteiger partial charge is 0.237 e. The summed E-state index contributed by atoms with van der Waals surface area (Å²) in [4.78, 5) is 12.9. The molecule has 0 unspecified atom stereocenters. The number of aromatic nitrogens is 1. The summed E-state index contributed by atoms with van der Waals surface area (Å²) >= 11 is 1.49. The van der Waals surface area contributed by atoms with Crippen LogP contribution in [-0.4, -0.2) is 5.78 Å². The van der Waals surface area contributed by atoms with Crippen molar-refractivity contribution in [1.29, 1.82) is 0 Å². The second-order valence-electron chi connectivity index (χ2n) is 4.10. The maximum atomic E-state index is 12.1. The van der Waals surface area contributed by atoms with Gasteiger partial charge in [-0.25, -0.2) is 0 Å². The van der Waals surface area contributed by atoms with Crippen molar-refractivity contribution < 1.29 is 33.3 Å². The molecule has 0 saturated heterocycles. The summed E-state index contributed by atoms with van der Waals surface area (Å²) in [6.45, 7) is 0.391. The van der Waals surface area contributed by atoms with E-state index in [1.807, 2.05) is 52.5 Å². The quantitative estimate of drug-likeness (QED) is 0.358. The third kappa shape index (κ3) is 3.01. The number of carbonyl (C=O) groups is 1. The average molecular weight is 381 g/mol. The van der Waals surface area contributed by atoms with E-state index in [1.165, 1.54) is 11.3 Å². The number of rotatable bonds is 3. The van der Waals surface area contributed by atoms with Crippen LogP contribution in [0.3, 0.4) is 0 Å². The van der Waals surface area contributed by atoms with Crippen molar-refractivity contribution in [2.24, 2.45) is 0 Å². The molecule has 0 amide bonds. The van der Waals surface area contributed by atoms with Gasteiger partial charge in [0.2, 0.25) is 17.8 Å². The van der Waals surface area contributed by atoms with E-state index >= 15 is 0 Å². The Balaban J connectivity index is 0.00000133. The molecule has 0 fully saturated rings. The van der Waals surface area contributed by atoms with Crippen molar-refractivity contribution in [1.82, 2.24) is 0 Å². The number of pyridine rings is 1. The highest BCUT2D eigenvalue weighted by Gasteiger charge is 2.15. The van der Waals surface area contributed by atoms with Gasteiger partial charge in [-0.1, -0.05) is 18.2 Å². The van der Waals surface area contributed by atoms with Crippen molar-refractivity contribution in [3.63, 3.8) is 0 Å². The minimum Gasteiger partial charge on any atom is -1.00 e. The predicted molar refractivity (Wildman–Crippen MR) is 72.8 cm³/mol. The standard InChI is InChI=1S/C15H12NOS.HI/c17-14(15-8-4-10-18-15)11-16-9-3-6-12-5-1-2-7-13(12)16;/h1-10H,11H2;1H/q+1;/p-1. The van der Waals surface area contributed by atoms with Gasteiger partial charge in [0, 0.05) is 17.5 Å². The lowest BCUT2D eigenvalue weighted by Gasteiger charge is -1.99. The molecule has 0 N–H and O–H groups in total. The molecule has 2 heterocycles. The number of para-hydroxylation sites is 1. The number of halogens is 1. The van der Waals surface area contributed by atoms with Gasteiger partial charge in [-0.15, -0.1) is 11.3 Å². The molecule has 0 saturated carbocycles. The van der Waals surface area contributed by atoms with Gasteiger partial charge in [0.1, 0.15) is 0 Å². The fourth-order valence-corrected chi connectivity index (χ4v) is 2.69. The maximum absolute atomic E-state index is 12.1. The molecule has 3 rings (SSSR count). The first-order valence-corrected chi connectivity index (χ1v) is 6.66. The number of benzene rings is 1. The average Bonchev–Trinajstić information content (AvgIpc) is 2.93. The number of carbonyl (C=O) groups excluding carboxylic acids is 1. The monoisotopic (exact) mass is 381 g/mol. The summed E-state index contributed by atoms with van der Waals surface area (Å²) in [5, 5.41) is 3.08. The van der Waals surface area contributed by atoms with Gasteiger partial charge in [-0.05, 0) is 23.6 Å². The van der Waals surface area contributed by atoms with Crippen molar-refractivity contribution in [2.45, 2.75) is 6.54 Å². The molecule has 2 nitrogen and oxygen atoms in total. The predicted octanol–water partition coefficient (Wildman–Crippen LogP) is 0.0757. The molecule has 1 aromatic carbocycles. The third-order valence-electron chi connectivity index (χ3n) is 2.90. The van der Waals surface area contributed by atoms with Gasteiger partial charge in [0.15, 0.2) is 6.20 Å². The molecule has 2 aromatic heterocycles. The van der Waals surface area contributed by atoms with Crippen LogP contribution in [0.1, 0.15) is 9.67 Å². The summed E-state index contributed by atoms with van der Waals surface area (Å²) in [5.41, 5.74) is 1.09. The second kappa shape index (κ2) is 6.25. The number of ketones is 1. The Morgan fingerprint density at radius 2 is 1.84 bits per heavy atom. The Morgan fingerprint density at radius 3 is 2.63 bits per heavy atom.